The SMILES string of the molecule is Cc1ccccc1OCCCNC(=O)N1CCC(C)CC1. The highest BCUT2D eigenvalue weighted by atomic mass is 16.5. The topological polar surface area (TPSA) is 41.6 Å². The van der Waals surface area contributed by atoms with E-state index >= 15 is 0 Å². The van der Waals surface area contributed by atoms with E-state index in [0.29, 0.717) is 13.2 Å². The number of amides is 2. The first kappa shape index (κ1) is 15.7. The Morgan fingerprint density at radius 3 is 2.76 bits per heavy atom. The van der Waals surface area contributed by atoms with Gasteiger partial charge in [-0.3, -0.25) is 0 Å². The van der Waals surface area contributed by atoms with E-state index in [9.17, 15) is 4.79 Å². The van der Waals surface area contributed by atoms with Crippen molar-refractivity contribution in [2.24, 2.45) is 5.92 Å². The van der Waals surface area contributed by atoms with Crippen LogP contribution in [0.25, 0.3) is 0 Å². The molecule has 21 heavy (non-hydrogen) atoms. The lowest BCUT2D eigenvalue weighted by molar-refractivity contribution is 0.173. The molecule has 0 atom stereocenters. The number of hydrogen-bond acceptors (Lipinski definition) is 2. The van der Waals surface area contributed by atoms with Gasteiger partial charge in [-0.1, -0.05) is 25.1 Å². The van der Waals surface area contributed by atoms with Crippen molar-refractivity contribution in [3.05, 3.63) is 29.8 Å². The maximum absolute atomic E-state index is 12.0. The lowest BCUT2D eigenvalue weighted by Gasteiger charge is -2.30. The van der Waals surface area contributed by atoms with Crippen molar-refractivity contribution in [3.8, 4) is 5.75 Å². The molecule has 1 heterocycles. The first-order valence-electron chi connectivity index (χ1n) is 7.88. The van der Waals surface area contributed by atoms with Crippen LogP contribution in [0.1, 0.15) is 31.7 Å². The van der Waals surface area contributed by atoms with Crippen molar-refractivity contribution in [2.75, 3.05) is 26.2 Å². The Hall–Kier alpha value is -1.71. The number of piperidine rings is 1. The summed E-state index contributed by atoms with van der Waals surface area (Å²) >= 11 is 0. The van der Waals surface area contributed by atoms with Crippen LogP contribution in [-0.4, -0.2) is 37.2 Å². The summed E-state index contributed by atoms with van der Waals surface area (Å²) in [6, 6.07) is 8.05. The van der Waals surface area contributed by atoms with Crippen LogP contribution in [0.15, 0.2) is 24.3 Å². The number of nitrogens with one attached hydrogen (secondary N) is 1. The molecule has 1 saturated heterocycles. The summed E-state index contributed by atoms with van der Waals surface area (Å²) in [6.45, 7) is 7.34. The number of benzene rings is 1. The van der Waals surface area contributed by atoms with Crippen molar-refractivity contribution >= 4 is 6.03 Å². The van der Waals surface area contributed by atoms with Crippen LogP contribution < -0.4 is 10.1 Å². The van der Waals surface area contributed by atoms with Crippen molar-refractivity contribution in [1.82, 2.24) is 10.2 Å². The molecule has 1 aliphatic rings. The van der Waals surface area contributed by atoms with Gasteiger partial charge < -0.3 is 15.0 Å². The van der Waals surface area contributed by atoms with Crippen LogP contribution in [0.3, 0.4) is 0 Å². The van der Waals surface area contributed by atoms with Gasteiger partial charge in [0.25, 0.3) is 0 Å². The lowest BCUT2D eigenvalue weighted by atomic mass is 10.00. The summed E-state index contributed by atoms with van der Waals surface area (Å²) in [5, 5.41) is 2.98. The van der Waals surface area contributed by atoms with Gasteiger partial charge >= 0.3 is 6.03 Å². The van der Waals surface area contributed by atoms with Gasteiger partial charge in [0.05, 0.1) is 6.61 Å². The molecule has 116 valence electrons. The number of likely N-dealkylation sites (tertiary alicyclic amines) is 1. The predicted octanol–water partition coefficient (Wildman–Crippen LogP) is 3.21. The molecule has 1 N–H and O–H groups in total. The molecule has 1 aliphatic heterocycles. The average Bonchev–Trinajstić information content (AvgIpc) is 2.49. The van der Waals surface area contributed by atoms with E-state index in [0.717, 1.165) is 49.6 Å². The molecule has 0 aromatic heterocycles. The Balaban J connectivity index is 1.59. The first-order valence-corrected chi connectivity index (χ1v) is 7.88. The predicted molar refractivity (Wildman–Crippen MR) is 84.7 cm³/mol. The minimum Gasteiger partial charge on any atom is -0.493 e. The Labute approximate surface area is 127 Å². The van der Waals surface area contributed by atoms with Gasteiger partial charge in [0.15, 0.2) is 0 Å². The van der Waals surface area contributed by atoms with Crippen molar-refractivity contribution in [2.45, 2.75) is 33.1 Å². The molecule has 1 fully saturated rings. The number of aryl methyl sites for hydroxylation is 1. The zero-order chi connectivity index (χ0) is 15.1. The van der Waals surface area contributed by atoms with E-state index in [1.807, 2.05) is 36.1 Å². The normalized spacial score (nSPS) is 15.8. The molecule has 1 aromatic carbocycles. The van der Waals surface area contributed by atoms with Gasteiger partial charge in [0.2, 0.25) is 0 Å². The van der Waals surface area contributed by atoms with Gasteiger partial charge in [-0.2, -0.15) is 0 Å². The van der Waals surface area contributed by atoms with Crippen molar-refractivity contribution in [1.29, 1.82) is 0 Å². The number of nitrogens with zero attached hydrogens (tertiary/aromatic N) is 1. The maximum Gasteiger partial charge on any atom is 0.317 e. The second kappa shape index (κ2) is 7.91. The molecule has 0 saturated carbocycles. The molecule has 2 amide bonds. The molecule has 4 heteroatoms. The summed E-state index contributed by atoms with van der Waals surface area (Å²) in [7, 11) is 0. The van der Waals surface area contributed by atoms with Crippen LogP contribution >= 0.6 is 0 Å². The summed E-state index contributed by atoms with van der Waals surface area (Å²) in [5.74, 6) is 1.67. The fourth-order valence-corrected chi connectivity index (χ4v) is 2.49. The quantitative estimate of drug-likeness (QED) is 0.846. The standard InChI is InChI=1S/C17H26N2O2/c1-14-8-11-19(12-9-14)17(20)18-10-5-13-21-16-7-4-3-6-15(16)2/h3-4,6-7,14H,5,8-13H2,1-2H3,(H,18,20). The van der Waals surface area contributed by atoms with E-state index in [4.69, 9.17) is 4.74 Å². The number of carbonyl (C=O) groups is 1. The molecule has 2 rings (SSSR count). The van der Waals surface area contributed by atoms with Gasteiger partial charge in [0.1, 0.15) is 5.75 Å². The number of hydrogen-bond donors (Lipinski definition) is 1. The second-order valence-corrected chi connectivity index (χ2v) is 5.87. The van der Waals surface area contributed by atoms with Crippen LogP contribution in [0.2, 0.25) is 0 Å². The number of rotatable bonds is 5. The van der Waals surface area contributed by atoms with Crippen LogP contribution in [0.4, 0.5) is 4.79 Å². The zero-order valence-corrected chi connectivity index (χ0v) is 13.1. The largest absolute Gasteiger partial charge is 0.493 e. The van der Waals surface area contributed by atoms with Crippen molar-refractivity contribution in [3.63, 3.8) is 0 Å². The monoisotopic (exact) mass is 290 g/mol. The molecule has 4 nitrogen and oxygen atoms in total. The molecular formula is C17H26N2O2. The third-order valence-electron chi connectivity index (χ3n) is 4.02. The molecule has 0 aliphatic carbocycles. The van der Waals surface area contributed by atoms with Gasteiger partial charge in [-0.15, -0.1) is 0 Å². The van der Waals surface area contributed by atoms with Crippen molar-refractivity contribution < 1.29 is 9.53 Å². The molecule has 0 spiro atoms. The number of carbonyl (C=O) groups excluding carboxylic acids is 1. The van der Waals surface area contributed by atoms with E-state index < -0.39 is 0 Å². The molecule has 0 bridgehead atoms. The van der Waals surface area contributed by atoms with E-state index in [-0.39, 0.29) is 6.03 Å². The first-order chi connectivity index (χ1) is 10.2. The average molecular weight is 290 g/mol. The third kappa shape index (κ3) is 4.96. The fraction of sp³-hybridized carbons (Fsp3) is 0.588. The van der Waals surface area contributed by atoms with Gasteiger partial charge in [-0.25, -0.2) is 4.79 Å². The molecular weight excluding hydrogens is 264 g/mol. The second-order valence-electron chi connectivity index (χ2n) is 5.87. The zero-order valence-electron chi connectivity index (χ0n) is 13.1. The van der Waals surface area contributed by atoms with Crippen LogP contribution in [-0.2, 0) is 0 Å². The Morgan fingerprint density at radius 1 is 1.33 bits per heavy atom. The Morgan fingerprint density at radius 2 is 2.05 bits per heavy atom. The van der Waals surface area contributed by atoms with E-state index in [1.54, 1.807) is 0 Å². The molecule has 1 aromatic rings. The summed E-state index contributed by atoms with van der Waals surface area (Å²) in [4.78, 5) is 13.9. The van der Waals surface area contributed by atoms with E-state index in [2.05, 4.69) is 12.2 Å². The summed E-state index contributed by atoms with van der Waals surface area (Å²) in [6.07, 6.45) is 3.05. The Bertz CT molecular complexity index is 454. The van der Waals surface area contributed by atoms with Gasteiger partial charge in [0, 0.05) is 19.6 Å². The number of urea groups is 1. The number of para-hydroxylation sites is 1. The summed E-state index contributed by atoms with van der Waals surface area (Å²) < 4.78 is 5.71. The molecule has 0 radical (unpaired) electrons. The lowest BCUT2D eigenvalue weighted by Crippen LogP contribution is -2.44. The minimum absolute atomic E-state index is 0.0674. The highest BCUT2D eigenvalue weighted by molar-refractivity contribution is 5.74. The minimum atomic E-state index is 0.0674. The fourth-order valence-electron chi connectivity index (χ4n) is 2.49. The van der Waals surface area contributed by atoms with Gasteiger partial charge in [-0.05, 0) is 43.7 Å². The molecule has 0 unspecified atom stereocenters. The highest BCUT2D eigenvalue weighted by Gasteiger charge is 2.19. The van der Waals surface area contributed by atoms with E-state index in [1.165, 1.54) is 0 Å². The van der Waals surface area contributed by atoms with Crippen LogP contribution in [0, 0.1) is 12.8 Å². The summed E-state index contributed by atoms with van der Waals surface area (Å²) in [5.41, 5.74) is 1.14. The van der Waals surface area contributed by atoms with Crippen LogP contribution in [0.5, 0.6) is 5.75 Å². The Kier molecular flexibility index (Phi) is 5.90. The highest BCUT2D eigenvalue weighted by Crippen LogP contribution is 2.16. The number of ether oxygens (including phenoxy) is 1. The smallest absolute Gasteiger partial charge is 0.317 e. The third-order valence-corrected chi connectivity index (χ3v) is 4.02. The maximum atomic E-state index is 12.0.